The van der Waals surface area contributed by atoms with Gasteiger partial charge in [-0.15, -0.1) is 0 Å². The summed E-state index contributed by atoms with van der Waals surface area (Å²) in [5.41, 5.74) is 2.98. The standard InChI is InChI=1S/C16H17F2NO2/c1-11-3-8-15(20-2)14(9-11)19-10-12-4-6-13(7-5-12)21-16(17)18/h3-9,16,19H,10H2,1-2H3. The van der Waals surface area contributed by atoms with Crippen molar-refractivity contribution in [2.45, 2.75) is 20.1 Å². The molecule has 5 heteroatoms. The Morgan fingerprint density at radius 1 is 1.10 bits per heavy atom. The van der Waals surface area contributed by atoms with Gasteiger partial charge in [-0.25, -0.2) is 0 Å². The Morgan fingerprint density at radius 2 is 1.81 bits per heavy atom. The molecule has 0 fully saturated rings. The maximum absolute atomic E-state index is 12.1. The third-order valence-corrected chi connectivity index (χ3v) is 2.99. The fourth-order valence-corrected chi connectivity index (χ4v) is 1.95. The highest BCUT2D eigenvalue weighted by atomic mass is 19.3. The first-order chi connectivity index (χ1) is 10.1. The van der Waals surface area contributed by atoms with E-state index in [1.54, 1.807) is 19.2 Å². The molecule has 0 aromatic heterocycles. The molecule has 0 amide bonds. The quantitative estimate of drug-likeness (QED) is 0.865. The van der Waals surface area contributed by atoms with Crippen molar-refractivity contribution in [3.8, 4) is 11.5 Å². The molecule has 2 aromatic rings. The van der Waals surface area contributed by atoms with E-state index in [2.05, 4.69) is 10.1 Å². The van der Waals surface area contributed by atoms with E-state index < -0.39 is 6.61 Å². The van der Waals surface area contributed by atoms with Crippen LogP contribution in [0.3, 0.4) is 0 Å². The second-order valence-electron chi connectivity index (χ2n) is 4.58. The van der Waals surface area contributed by atoms with Gasteiger partial charge in [0, 0.05) is 6.54 Å². The monoisotopic (exact) mass is 293 g/mol. The topological polar surface area (TPSA) is 30.5 Å². The maximum Gasteiger partial charge on any atom is 0.387 e. The van der Waals surface area contributed by atoms with Gasteiger partial charge >= 0.3 is 6.61 Å². The van der Waals surface area contributed by atoms with E-state index in [0.717, 1.165) is 22.6 Å². The first-order valence-electron chi connectivity index (χ1n) is 6.51. The molecule has 112 valence electrons. The van der Waals surface area contributed by atoms with Crippen LogP contribution >= 0.6 is 0 Å². The van der Waals surface area contributed by atoms with Crippen molar-refractivity contribution in [3.63, 3.8) is 0 Å². The summed E-state index contributed by atoms with van der Waals surface area (Å²) >= 11 is 0. The SMILES string of the molecule is COc1ccc(C)cc1NCc1ccc(OC(F)F)cc1. The number of methoxy groups -OCH3 is 1. The molecule has 0 aliphatic rings. The van der Waals surface area contributed by atoms with Crippen molar-refractivity contribution >= 4 is 5.69 Å². The molecular weight excluding hydrogens is 276 g/mol. The summed E-state index contributed by atoms with van der Waals surface area (Å²) < 4.78 is 33.7. The van der Waals surface area contributed by atoms with E-state index in [0.29, 0.717) is 6.54 Å². The Kier molecular flexibility index (Phi) is 4.98. The highest BCUT2D eigenvalue weighted by Crippen LogP contribution is 2.26. The minimum absolute atomic E-state index is 0.155. The molecule has 0 radical (unpaired) electrons. The van der Waals surface area contributed by atoms with Gasteiger partial charge in [0.2, 0.25) is 0 Å². The van der Waals surface area contributed by atoms with Gasteiger partial charge < -0.3 is 14.8 Å². The lowest BCUT2D eigenvalue weighted by atomic mass is 10.2. The third-order valence-electron chi connectivity index (χ3n) is 2.99. The summed E-state index contributed by atoms with van der Waals surface area (Å²) in [6, 6.07) is 12.4. The summed E-state index contributed by atoms with van der Waals surface area (Å²) in [6.45, 7) is -0.235. The predicted octanol–water partition coefficient (Wildman–Crippen LogP) is 4.22. The molecular formula is C16H17F2NO2. The number of alkyl halides is 2. The van der Waals surface area contributed by atoms with Crippen LogP contribution in [0.15, 0.2) is 42.5 Å². The van der Waals surface area contributed by atoms with Gasteiger partial charge in [0.15, 0.2) is 0 Å². The van der Waals surface area contributed by atoms with Gasteiger partial charge in [-0.3, -0.25) is 0 Å². The van der Waals surface area contributed by atoms with Crippen molar-refractivity contribution in [2.75, 3.05) is 12.4 Å². The van der Waals surface area contributed by atoms with Crippen LogP contribution in [0.4, 0.5) is 14.5 Å². The van der Waals surface area contributed by atoms with Crippen LogP contribution < -0.4 is 14.8 Å². The minimum atomic E-state index is -2.80. The molecule has 0 spiro atoms. The highest BCUT2D eigenvalue weighted by Gasteiger charge is 2.05. The van der Waals surface area contributed by atoms with Crippen LogP contribution in [-0.4, -0.2) is 13.7 Å². The van der Waals surface area contributed by atoms with E-state index in [4.69, 9.17) is 4.74 Å². The summed E-state index contributed by atoms with van der Waals surface area (Å²) in [7, 11) is 1.62. The van der Waals surface area contributed by atoms with Gasteiger partial charge in [0.05, 0.1) is 12.8 Å². The largest absolute Gasteiger partial charge is 0.495 e. The number of aryl methyl sites for hydroxylation is 1. The zero-order chi connectivity index (χ0) is 15.2. The average molecular weight is 293 g/mol. The molecule has 0 bridgehead atoms. The molecule has 0 aliphatic carbocycles. The number of benzene rings is 2. The first kappa shape index (κ1) is 15.1. The fourth-order valence-electron chi connectivity index (χ4n) is 1.95. The lowest BCUT2D eigenvalue weighted by Crippen LogP contribution is -2.03. The van der Waals surface area contributed by atoms with Crippen LogP contribution in [0.25, 0.3) is 0 Å². The van der Waals surface area contributed by atoms with Crippen LogP contribution in [0, 0.1) is 6.92 Å². The molecule has 0 saturated heterocycles. The number of ether oxygens (including phenoxy) is 2. The number of halogens is 2. The van der Waals surface area contributed by atoms with Crippen LogP contribution in [-0.2, 0) is 6.54 Å². The summed E-state index contributed by atoms with van der Waals surface area (Å²) in [6.07, 6.45) is 0. The van der Waals surface area contributed by atoms with Crippen LogP contribution in [0.5, 0.6) is 11.5 Å². The smallest absolute Gasteiger partial charge is 0.387 e. The molecule has 21 heavy (non-hydrogen) atoms. The van der Waals surface area contributed by atoms with E-state index in [1.807, 2.05) is 25.1 Å². The Hall–Kier alpha value is -2.30. The summed E-state index contributed by atoms with van der Waals surface area (Å²) in [5.74, 6) is 0.917. The summed E-state index contributed by atoms with van der Waals surface area (Å²) in [4.78, 5) is 0. The zero-order valence-corrected chi connectivity index (χ0v) is 11.9. The zero-order valence-electron chi connectivity index (χ0n) is 11.9. The Labute approximate surface area is 122 Å². The molecule has 0 saturated carbocycles. The predicted molar refractivity (Wildman–Crippen MR) is 78.1 cm³/mol. The van der Waals surface area contributed by atoms with E-state index >= 15 is 0 Å². The van der Waals surface area contributed by atoms with Gasteiger partial charge in [-0.1, -0.05) is 18.2 Å². The normalized spacial score (nSPS) is 10.5. The van der Waals surface area contributed by atoms with Crippen LogP contribution in [0.1, 0.15) is 11.1 Å². The maximum atomic E-state index is 12.1. The van der Waals surface area contributed by atoms with E-state index in [-0.39, 0.29) is 5.75 Å². The number of nitrogens with one attached hydrogen (secondary N) is 1. The van der Waals surface area contributed by atoms with Crippen LogP contribution in [0.2, 0.25) is 0 Å². The molecule has 3 nitrogen and oxygen atoms in total. The van der Waals surface area contributed by atoms with Gasteiger partial charge in [-0.2, -0.15) is 8.78 Å². The fraction of sp³-hybridized carbons (Fsp3) is 0.250. The molecule has 2 rings (SSSR count). The lowest BCUT2D eigenvalue weighted by Gasteiger charge is -2.12. The minimum Gasteiger partial charge on any atom is -0.495 e. The molecule has 0 unspecified atom stereocenters. The van der Waals surface area contributed by atoms with Gasteiger partial charge in [0.1, 0.15) is 11.5 Å². The third kappa shape index (κ3) is 4.34. The van der Waals surface area contributed by atoms with Crippen molar-refractivity contribution in [3.05, 3.63) is 53.6 Å². The van der Waals surface area contributed by atoms with Gasteiger partial charge in [-0.05, 0) is 42.3 Å². The molecule has 0 aliphatic heterocycles. The van der Waals surface area contributed by atoms with Crippen molar-refractivity contribution in [2.24, 2.45) is 0 Å². The molecule has 1 N–H and O–H groups in total. The molecule has 2 aromatic carbocycles. The number of anilines is 1. The molecule has 0 heterocycles. The summed E-state index contributed by atoms with van der Waals surface area (Å²) in [5, 5.41) is 3.27. The second kappa shape index (κ2) is 6.92. The Balaban J connectivity index is 2.01. The van der Waals surface area contributed by atoms with Crippen molar-refractivity contribution in [1.82, 2.24) is 0 Å². The number of hydrogen-bond donors (Lipinski definition) is 1. The number of hydrogen-bond acceptors (Lipinski definition) is 3. The molecule has 0 atom stereocenters. The van der Waals surface area contributed by atoms with Gasteiger partial charge in [0.25, 0.3) is 0 Å². The van der Waals surface area contributed by atoms with E-state index in [9.17, 15) is 8.78 Å². The Morgan fingerprint density at radius 3 is 2.43 bits per heavy atom. The second-order valence-corrected chi connectivity index (χ2v) is 4.58. The van der Waals surface area contributed by atoms with E-state index in [1.165, 1.54) is 12.1 Å². The Bertz CT molecular complexity index is 585. The number of rotatable bonds is 6. The highest BCUT2D eigenvalue weighted by molar-refractivity contribution is 5.58. The first-order valence-corrected chi connectivity index (χ1v) is 6.51. The van der Waals surface area contributed by atoms with Crippen molar-refractivity contribution in [1.29, 1.82) is 0 Å². The lowest BCUT2D eigenvalue weighted by molar-refractivity contribution is -0.0498. The average Bonchev–Trinajstić information content (AvgIpc) is 2.46. The van der Waals surface area contributed by atoms with Crippen molar-refractivity contribution < 1.29 is 18.3 Å².